The number of nitrogens with one attached hydrogen (secondary N) is 4. The van der Waals surface area contributed by atoms with Crippen LogP contribution in [-0.4, -0.2) is 85.5 Å². The Kier molecular flexibility index (Phi) is 19.6. The van der Waals surface area contributed by atoms with E-state index in [1.54, 1.807) is 0 Å². The van der Waals surface area contributed by atoms with Gasteiger partial charge in [-0.05, 0) is 57.0 Å². The SMILES string of the molecule is [N-]=[N+]=NCC(=O)N[C@@H](CCCN=C(N)N)C(=O)NCC(=O)NCCCCCC(=O)N[C@@H](CCCCN)C(=O)O. The van der Waals surface area contributed by atoms with Crippen LogP contribution in [0.5, 0.6) is 0 Å². The summed E-state index contributed by atoms with van der Waals surface area (Å²) in [6.45, 7) is 0.209. The van der Waals surface area contributed by atoms with Crippen LogP contribution < -0.4 is 38.5 Å². The highest BCUT2D eigenvalue weighted by atomic mass is 16.4. The van der Waals surface area contributed by atoms with E-state index in [4.69, 9.17) is 22.7 Å². The molecule has 0 aromatic carbocycles. The van der Waals surface area contributed by atoms with Crippen molar-refractivity contribution >= 4 is 35.6 Å². The number of carbonyl (C=O) groups excluding carboxylic acids is 4. The lowest BCUT2D eigenvalue weighted by Gasteiger charge is -2.17. The fraction of sp³-hybridized carbons (Fsp3) is 0.727. The lowest BCUT2D eigenvalue weighted by atomic mass is 10.1. The number of carbonyl (C=O) groups is 5. The first kappa shape index (κ1) is 34.9. The van der Waals surface area contributed by atoms with E-state index in [1.807, 2.05) is 0 Å². The summed E-state index contributed by atoms with van der Waals surface area (Å²) in [7, 11) is 0. The van der Waals surface area contributed by atoms with E-state index in [1.165, 1.54) is 0 Å². The monoisotopic (exact) mass is 555 g/mol. The van der Waals surface area contributed by atoms with Gasteiger partial charge in [0.25, 0.3) is 0 Å². The maximum absolute atomic E-state index is 12.5. The Labute approximate surface area is 226 Å². The van der Waals surface area contributed by atoms with Crippen molar-refractivity contribution in [3.8, 4) is 0 Å². The van der Waals surface area contributed by atoms with Crippen molar-refractivity contribution in [2.75, 3.05) is 32.7 Å². The van der Waals surface area contributed by atoms with Gasteiger partial charge in [-0.3, -0.25) is 24.2 Å². The lowest BCUT2D eigenvalue weighted by molar-refractivity contribution is -0.142. The first-order valence-corrected chi connectivity index (χ1v) is 12.7. The lowest BCUT2D eigenvalue weighted by Crippen LogP contribution is -2.49. The molecule has 0 bridgehead atoms. The molecule has 17 nitrogen and oxygen atoms in total. The van der Waals surface area contributed by atoms with Crippen LogP contribution in [0, 0.1) is 0 Å². The highest BCUT2D eigenvalue weighted by molar-refractivity contribution is 5.91. The summed E-state index contributed by atoms with van der Waals surface area (Å²) in [6.07, 6.45) is 4.06. The molecular formula is C22H41N11O6. The number of azide groups is 1. The van der Waals surface area contributed by atoms with Crippen LogP contribution in [0.25, 0.3) is 10.4 Å². The van der Waals surface area contributed by atoms with Crippen LogP contribution in [0.1, 0.15) is 57.8 Å². The third-order valence-corrected chi connectivity index (χ3v) is 5.28. The Morgan fingerprint density at radius 2 is 1.54 bits per heavy atom. The van der Waals surface area contributed by atoms with Gasteiger partial charge in [-0.25, -0.2) is 4.79 Å². The summed E-state index contributed by atoms with van der Waals surface area (Å²) >= 11 is 0. The van der Waals surface area contributed by atoms with Crippen LogP contribution >= 0.6 is 0 Å². The number of guanidine groups is 1. The molecule has 0 fully saturated rings. The minimum absolute atomic E-state index is 0.107. The molecule has 0 aliphatic heterocycles. The number of hydrogen-bond acceptors (Lipinski definition) is 8. The van der Waals surface area contributed by atoms with Crippen LogP contribution in [-0.2, 0) is 24.0 Å². The average molecular weight is 556 g/mol. The number of carboxylic acid groups (broad SMARTS) is 1. The van der Waals surface area contributed by atoms with Crippen LogP contribution in [0.2, 0.25) is 0 Å². The maximum Gasteiger partial charge on any atom is 0.326 e. The minimum atomic E-state index is -1.08. The van der Waals surface area contributed by atoms with Gasteiger partial charge >= 0.3 is 5.97 Å². The summed E-state index contributed by atoms with van der Waals surface area (Å²) in [5.41, 5.74) is 24.2. The van der Waals surface area contributed by atoms with Crippen molar-refractivity contribution < 1.29 is 29.1 Å². The zero-order valence-corrected chi connectivity index (χ0v) is 22.1. The summed E-state index contributed by atoms with van der Waals surface area (Å²) in [5.74, 6) is -3.23. The summed E-state index contributed by atoms with van der Waals surface area (Å²) in [4.78, 5) is 65.9. The first-order chi connectivity index (χ1) is 18.6. The second-order valence-electron chi connectivity index (χ2n) is 8.58. The number of amides is 4. The van der Waals surface area contributed by atoms with E-state index in [0.29, 0.717) is 58.0 Å². The summed E-state index contributed by atoms with van der Waals surface area (Å²) in [5, 5.41) is 22.4. The molecule has 220 valence electrons. The molecule has 0 heterocycles. The third kappa shape index (κ3) is 19.6. The Morgan fingerprint density at radius 3 is 2.18 bits per heavy atom. The number of nitrogens with two attached hydrogens (primary N) is 3. The van der Waals surface area contributed by atoms with Crippen LogP contribution in [0.3, 0.4) is 0 Å². The molecule has 0 spiro atoms. The molecule has 17 heteroatoms. The van der Waals surface area contributed by atoms with E-state index in [9.17, 15) is 29.1 Å². The van der Waals surface area contributed by atoms with Gasteiger partial charge in [0.05, 0.1) is 6.54 Å². The molecule has 0 aliphatic rings. The molecule has 0 aliphatic carbocycles. The molecule has 11 N–H and O–H groups in total. The van der Waals surface area contributed by atoms with Gasteiger partial charge in [0.1, 0.15) is 18.6 Å². The van der Waals surface area contributed by atoms with E-state index >= 15 is 0 Å². The van der Waals surface area contributed by atoms with Crippen LogP contribution in [0.15, 0.2) is 10.1 Å². The van der Waals surface area contributed by atoms with Crippen molar-refractivity contribution in [3.63, 3.8) is 0 Å². The minimum Gasteiger partial charge on any atom is -0.480 e. The van der Waals surface area contributed by atoms with Crippen molar-refractivity contribution in [1.82, 2.24) is 21.3 Å². The topological polar surface area (TPSA) is 293 Å². The highest BCUT2D eigenvalue weighted by Crippen LogP contribution is 2.04. The number of unbranched alkanes of at least 4 members (excludes halogenated alkanes) is 3. The third-order valence-electron chi connectivity index (χ3n) is 5.28. The van der Waals surface area contributed by atoms with Crippen molar-refractivity contribution in [2.24, 2.45) is 27.3 Å². The van der Waals surface area contributed by atoms with Gasteiger partial charge < -0.3 is 43.6 Å². The number of aliphatic carboxylic acids is 1. The molecule has 0 aromatic rings. The molecule has 39 heavy (non-hydrogen) atoms. The highest BCUT2D eigenvalue weighted by Gasteiger charge is 2.21. The van der Waals surface area contributed by atoms with Gasteiger partial charge in [0.15, 0.2) is 5.96 Å². The van der Waals surface area contributed by atoms with Gasteiger partial charge in [-0.1, -0.05) is 11.5 Å². The first-order valence-electron chi connectivity index (χ1n) is 12.7. The second kappa shape index (κ2) is 21.9. The van der Waals surface area contributed by atoms with E-state index in [-0.39, 0.29) is 37.8 Å². The summed E-state index contributed by atoms with van der Waals surface area (Å²) in [6, 6.07) is -1.92. The Bertz CT molecular complexity index is 873. The van der Waals surface area contributed by atoms with E-state index < -0.39 is 42.3 Å². The zero-order valence-electron chi connectivity index (χ0n) is 22.1. The quantitative estimate of drug-likeness (QED) is 0.0189. The van der Waals surface area contributed by atoms with Crippen molar-refractivity contribution in [3.05, 3.63) is 10.4 Å². The molecule has 0 aromatic heterocycles. The van der Waals surface area contributed by atoms with E-state index in [0.717, 1.165) is 0 Å². The van der Waals surface area contributed by atoms with E-state index in [2.05, 4.69) is 36.3 Å². The van der Waals surface area contributed by atoms with Gasteiger partial charge in [0, 0.05) is 24.4 Å². The maximum atomic E-state index is 12.5. The number of carboxylic acids is 1. The second-order valence-corrected chi connectivity index (χ2v) is 8.58. The molecule has 0 saturated heterocycles. The Balaban J connectivity index is 4.33. The van der Waals surface area contributed by atoms with Gasteiger partial charge in [-0.15, -0.1) is 0 Å². The van der Waals surface area contributed by atoms with Gasteiger partial charge in [-0.2, -0.15) is 0 Å². The molecule has 0 radical (unpaired) electrons. The smallest absolute Gasteiger partial charge is 0.326 e. The fourth-order valence-corrected chi connectivity index (χ4v) is 3.29. The predicted octanol–water partition coefficient (Wildman–Crippen LogP) is -1.67. The fourth-order valence-electron chi connectivity index (χ4n) is 3.29. The molecule has 2 atom stereocenters. The largest absolute Gasteiger partial charge is 0.480 e. The number of rotatable bonds is 22. The normalized spacial score (nSPS) is 11.7. The number of hydrogen-bond donors (Lipinski definition) is 8. The average Bonchev–Trinajstić information content (AvgIpc) is 2.88. The molecule has 0 rings (SSSR count). The standard InChI is InChI=1S/C22H41N11O6/c23-10-4-3-7-16(21(38)39)32-17(34)9-2-1-5-11-27-18(35)13-29-20(37)15(8-6-12-28-22(24)25)31-19(36)14-30-33-26/h15-16H,1-14,23H2,(H,27,35)(H,29,37)(H,31,36)(H,32,34)(H,38,39)(H4,24,25,28)/t15-,16-/m0/s1. The predicted molar refractivity (Wildman–Crippen MR) is 143 cm³/mol. The summed E-state index contributed by atoms with van der Waals surface area (Å²) < 4.78 is 0. The molecular weight excluding hydrogens is 514 g/mol. The molecule has 0 saturated carbocycles. The number of aliphatic imine (C=N–C) groups is 1. The Morgan fingerprint density at radius 1 is 0.846 bits per heavy atom. The van der Waals surface area contributed by atoms with Crippen LogP contribution in [0.4, 0.5) is 0 Å². The van der Waals surface area contributed by atoms with Crippen molar-refractivity contribution in [1.29, 1.82) is 0 Å². The molecule has 0 unspecified atom stereocenters. The Hall–Kier alpha value is -4.11. The molecule has 4 amide bonds. The van der Waals surface area contributed by atoms with Gasteiger partial charge in [0.2, 0.25) is 23.6 Å². The number of nitrogens with zero attached hydrogens (tertiary/aromatic N) is 4. The van der Waals surface area contributed by atoms with Crippen molar-refractivity contribution in [2.45, 2.75) is 69.9 Å². The zero-order chi connectivity index (χ0) is 29.5.